The lowest BCUT2D eigenvalue weighted by Crippen LogP contribution is -2.24. The maximum atomic E-state index is 12.6. The van der Waals surface area contributed by atoms with Crippen LogP contribution in [0.25, 0.3) is 22.3 Å². The van der Waals surface area contributed by atoms with E-state index in [-0.39, 0.29) is 12.0 Å². The van der Waals surface area contributed by atoms with E-state index < -0.39 is 12.1 Å². The van der Waals surface area contributed by atoms with Crippen LogP contribution in [0.3, 0.4) is 0 Å². The molecule has 4 aromatic rings. The molecule has 0 fully saturated rings. The largest absolute Gasteiger partial charge is 0.481 e. The van der Waals surface area contributed by atoms with E-state index in [0.29, 0.717) is 35.3 Å². The molecule has 4 rings (SSSR count). The molecule has 0 unspecified atom stereocenters. The van der Waals surface area contributed by atoms with Gasteiger partial charge in [0, 0.05) is 31.6 Å². The summed E-state index contributed by atoms with van der Waals surface area (Å²) in [6.45, 7) is 0.186. The Bertz CT molecular complexity index is 1430. The summed E-state index contributed by atoms with van der Waals surface area (Å²) >= 11 is 0. The first-order valence-corrected chi connectivity index (χ1v) is 11.1. The number of methoxy groups -OCH3 is 1. The number of hydrogen-bond acceptors (Lipinski definition) is 5. The molecule has 6 heteroatoms. The molecule has 0 saturated heterocycles. The van der Waals surface area contributed by atoms with Crippen LogP contribution >= 0.6 is 0 Å². The van der Waals surface area contributed by atoms with E-state index in [9.17, 15) is 9.59 Å². The fraction of sp³-hybridized carbons (Fsp3) is 0.172. The molecule has 3 aromatic carbocycles. The van der Waals surface area contributed by atoms with Crippen LogP contribution in [-0.2, 0) is 22.4 Å². The Morgan fingerprint density at radius 3 is 2.43 bits per heavy atom. The predicted octanol–water partition coefficient (Wildman–Crippen LogP) is 4.73. The lowest BCUT2D eigenvalue weighted by Gasteiger charge is -2.10. The van der Waals surface area contributed by atoms with Crippen LogP contribution in [0.1, 0.15) is 11.1 Å². The third-order valence-electron chi connectivity index (χ3n) is 5.49. The highest BCUT2D eigenvalue weighted by Gasteiger charge is 2.16. The Kier molecular flexibility index (Phi) is 7.61. The van der Waals surface area contributed by atoms with Gasteiger partial charge in [-0.05, 0) is 29.3 Å². The third-order valence-corrected chi connectivity index (χ3v) is 5.49. The molecule has 1 N–H and O–H groups in total. The Morgan fingerprint density at radius 1 is 0.971 bits per heavy atom. The molecule has 176 valence electrons. The number of hydrogen-bond donors (Lipinski definition) is 1. The molecule has 0 aliphatic rings. The average molecular weight is 469 g/mol. The van der Waals surface area contributed by atoms with E-state index in [1.165, 1.54) is 13.2 Å². The molecule has 0 aliphatic heterocycles. The van der Waals surface area contributed by atoms with Gasteiger partial charge in [0.15, 0.2) is 11.5 Å². The summed E-state index contributed by atoms with van der Waals surface area (Å²) in [4.78, 5) is 23.7. The van der Waals surface area contributed by atoms with E-state index in [1.807, 2.05) is 54.6 Å². The molecule has 0 amide bonds. The monoisotopic (exact) mass is 468 g/mol. The van der Waals surface area contributed by atoms with E-state index in [1.54, 1.807) is 18.2 Å². The van der Waals surface area contributed by atoms with Gasteiger partial charge in [-0.1, -0.05) is 66.4 Å². The molecule has 1 aromatic heterocycles. The highest BCUT2D eigenvalue weighted by atomic mass is 16.5. The number of carboxylic acid groups (broad SMARTS) is 1. The number of fused-ring (bicyclic) bond motifs is 1. The zero-order valence-corrected chi connectivity index (χ0v) is 19.2. The summed E-state index contributed by atoms with van der Waals surface area (Å²) in [6.07, 6.45) is -0.00596. The van der Waals surface area contributed by atoms with Crippen LogP contribution in [0.15, 0.2) is 88.1 Å². The fourth-order valence-electron chi connectivity index (χ4n) is 3.58. The minimum Gasteiger partial charge on any atom is -0.481 e. The highest BCUT2D eigenvalue weighted by Crippen LogP contribution is 2.24. The van der Waals surface area contributed by atoms with Crippen LogP contribution in [0, 0.1) is 11.8 Å². The minimum absolute atomic E-state index is 0.134. The van der Waals surface area contributed by atoms with Crippen molar-refractivity contribution in [2.45, 2.75) is 18.9 Å². The first-order valence-electron chi connectivity index (χ1n) is 11.1. The van der Waals surface area contributed by atoms with Crippen molar-refractivity contribution in [3.05, 3.63) is 100 Å². The normalized spacial score (nSPS) is 11.5. The van der Waals surface area contributed by atoms with Crippen molar-refractivity contribution >= 4 is 16.9 Å². The van der Waals surface area contributed by atoms with E-state index in [2.05, 4.69) is 11.8 Å². The lowest BCUT2D eigenvalue weighted by atomic mass is 10.0. The zero-order chi connectivity index (χ0) is 24.6. The lowest BCUT2D eigenvalue weighted by molar-refractivity contribution is -0.148. The molecule has 0 radical (unpaired) electrons. The second-order valence-corrected chi connectivity index (χ2v) is 7.90. The number of carbonyl (C=O) groups is 1. The van der Waals surface area contributed by atoms with E-state index in [4.69, 9.17) is 19.0 Å². The van der Waals surface area contributed by atoms with Crippen LogP contribution in [-0.4, -0.2) is 30.9 Å². The Hall–Kier alpha value is -4.34. The second-order valence-electron chi connectivity index (χ2n) is 7.90. The SMILES string of the molecule is CO[C@@H](Cc1ccc(CC#CCOc2ccc3oc(-c4ccccc4)cc(=O)c3c2)cc1)C(=O)O. The molecule has 6 nitrogen and oxygen atoms in total. The van der Waals surface area contributed by atoms with Crippen molar-refractivity contribution in [2.75, 3.05) is 13.7 Å². The van der Waals surface area contributed by atoms with Crippen molar-refractivity contribution in [2.24, 2.45) is 0 Å². The zero-order valence-electron chi connectivity index (χ0n) is 19.2. The molecule has 0 aliphatic carbocycles. The van der Waals surface area contributed by atoms with Crippen LogP contribution < -0.4 is 10.2 Å². The van der Waals surface area contributed by atoms with Crippen LogP contribution in [0.2, 0.25) is 0 Å². The minimum atomic E-state index is -0.980. The van der Waals surface area contributed by atoms with Crippen LogP contribution in [0.4, 0.5) is 0 Å². The highest BCUT2D eigenvalue weighted by molar-refractivity contribution is 5.80. The van der Waals surface area contributed by atoms with Gasteiger partial charge >= 0.3 is 5.97 Å². The van der Waals surface area contributed by atoms with Gasteiger partial charge in [-0.25, -0.2) is 4.79 Å². The molecule has 0 spiro atoms. The smallest absolute Gasteiger partial charge is 0.333 e. The Balaban J connectivity index is 1.34. The molecule has 0 bridgehead atoms. The Morgan fingerprint density at radius 2 is 1.71 bits per heavy atom. The van der Waals surface area contributed by atoms with Gasteiger partial charge in [0.2, 0.25) is 0 Å². The maximum Gasteiger partial charge on any atom is 0.333 e. The summed E-state index contributed by atoms with van der Waals surface area (Å²) in [5.41, 5.74) is 3.11. The van der Waals surface area contributed by atoms with Gasteiger partial charge in [-0.2, -0.15) is 0 Å². The summed E-state index contributed by atoms with van der Waals surface area (Å²) in [5.74, 6) is 6.12. The first-order chi connectivity index (χ1) is 17.0. The topological polar surface area (TPSA) is 86.0 Å². The number of benzene rings is 3. The Labute approximate surface area is 202 Å². The van der Waals surface area contributed by atoms with Crippen molar-refractivity contribution < 1.29 is 23.8 Å². The summed E-state index contributed by atoms with van der Waals surface area (Å²) < 4.78 is 16.6. The van der Waals surface area contributed by atoms with Gasteiger partial charge in [-0.3, -0.25) is 4.79 Å². The van der Waals surface area contributed by atoms with Gasteiger partial charge in [0.05, 0.1) is 5.39 Å². The number of rotatable bonds is 8. The van der Waals surface area contributed by atoms with Crippen molar-refractivity contribution in [1.29, 1.82) is 0 Å². The van der Waals surface area contributed by atoms with Gasteiger partial charge in [-0.15, -0.1) is 0 Å². The molecular formula is C29H24O6. The molecule has 0 saturated carbocycles. The quantitative estimate of drug-likeness (QED) is 0.377. The third kappa shape index (κ3) is 6.17. The molecule has 1 heterocycles. The standard InChI is InChI=1S/C29H24O6/c1-33-28(29(31)32)17-21-12-10-20(11-13-21)7-5-6-16-34-23-14-15-26-24(18-23)25(30)19-27(35-26)22-8-3-2-4-9-22/h2-4,8-15,18-19,28H,7,16-17H2,1H3,(H,31,32)/t28-/m0/s1. The number of aliphatic carboxylic acids is 1. The predicted molar refractivity (Wildman–Crippen MR) is 133 cm³/mol. The van der Waals surface area contributed by atoms with Gasteiger partial charge in [0.1, 0.15) is 23.7 Å². The van der Waals surface area contributed by atoms with Gasteiger partial charge < -0.3 is 19.0 Å². The van der Waals surface area contributed by atoms with Crippen LogP contribution in [0.5, 0.6) is 5.75 Å². The summed E-state index contributed by atoms with van der Waals surface area (Å²) in [7, 11) is 1.39. The second kappa shape index (κ2) is 11.2. The number of ether oxygens (including phenoxy) is 2. The van der Waals surface area contributed by atoms with Crippen molar-refractivity contribution in [1.82, 2.24) is 0 Å². The van der Waals surface area contributed by atoms with Crippen molar-refractivity contribution in [3.8, 4) is 28.9 Å². The van der Waals surface area contributed by atoms with E-state index in [0.717, 1.165) is 16.7 Å². The van der Waals surface area contributed by atoms with Gasteiger partial charge in [0.25, 0.3) is 0 Å². The summed E-state index contributed by atoms with van der Waals surface area (Å²) in [5, 5.41) is 9.54. The first kappa shape index (κ1) is 23.8. The van der Waals surface area contributed by atoms with Crippen molar-refractivity contribution in [3.63, 3.8) is 0 Å². The van der Waals surface area contributed by atoms with E-state index >= 15 is 0 Å². The number of carboxylic acids is 1. The molecule has 1 atom stereocenters. The fourth-order valence-corrected chi connectivity index (χ4v) is 3.58. The summed E-state index contributed by atoms with van der Waals surface area (Å²) in [6, 6.07) is 23.7. The maximum absolute atomic E-state index is 12.6. The molecule has 35 heavy (non-hydrogen) atoms. The molecular weight excluding hydrogens is 444 g/mol. The average Bonchev–Trinajstić information content (AvgIpc) is 2.88.